The van der Waals surface area contributed by atoms with Crippen molar-refractivity contribution in [2.75, 3.05) is 45.3 Å². The fourth-order valence-corrected chi connectivity index (χ4v) is 2.38. The van der Waals surface area contributed by atoms with Gasteiger partial charge in [0, 0.05) is 45.1 Å². The highest BCUT2D eigenvalue weighted by atomic mass is 16.5. The minimum Gasteiger partial charge on any atom is -0.385 e. The lowest BCUT2D eigenvalue weighted by Crippen LogP contribution is -2.35. The maximum atomic E-state index is 5.37. The van der Waals surface area contributed by atoms with E-state index in [2.05, 4.69) is 41.4 Å². The summed E-state index contributed by atoms with van der Waals surface area (Å²) in [6.45, 7) is 7.78. The summed E-state index contributed by atoms with van der Waals surface area (Å²) in [6.07, 6.45) is 1.02. The van der Waals surface area contributed by atoms with E-state index in [1.807, 2.05) is 0 Å². The Morgan fingerprint density at radius 3 is 2.60 bits per heavy atom. The third-order valence-corrected chi connectivity index (χ3v) is 3.63. The third-order valence-electron chi connectivity index (χ3n) is 3.63. The molecule has 0 bridgehead atoms. The average Bonchev–Trinajstić information content (AvgIpc) is 2.48. The molecule has 0 amide bonds. The number of nitrogens with zero attached hydrogens (tertiary/aromatic N) is 1. The highest BCUT2D eigenvalue weighted by Crippen LogP contribution is 2.14. The second kappa shape index (κ2) is 8.25. The van der Waals surface area contributed by atoms with Crippen LogP contribution in [0.15, 0.2) is 24.3 Å². The summed E-state index contributed by atoms with van der Waals surface area (Å²) in [5.41, 5.74) is 2.54. The highest BCUT2D eigenvalue weighted by Gasteiger charge is 2.10. The van der Waals surface area contributed by atoms with Crippen LogP contribution in [-0.2, 0) is 16.0 Å². The third kappa shape index (κ3) is 5.12. The predicted molar refractivity (Wildman–Crippen MR) is 82.1 cm³/mol. The van der Waals surface area contributed by atoms with E-state index in [0.29, 0.717) is 6.04 Å². The smallest absolute Gasteiger partial charge is 0.0594 e. The molecule has 4 nitrogen and oxygen atoms in total. The maximum Gasteiger partial charge on any atom is 0.0594 e. The summed E-state index contributed by atoms with van der Waals surface area (Å²) in [5, 5.41) is 3.49. The van der Waals surface area contributed by atoms with Crippen molar-refractivity contribution in [1.29, 1.82) is 0 Å². The van der Waals surface area contributed by atoms with Crippen molar-refractivity contribution in [2.24, 2.45) is 0 Å². The molecule has 1 unspecified atom stereocenters. The summed E-state index contributed by atoms with van der Waals surface area (Å²) in [6, 6.07) is 9.18. The van der Waals surface area contributed by atoms with Gasteiger partial charge in [-0.25, -0.2) is 0 Å². The van der Waals surface area contributed by atoms with Crippen LogP contribution in [0, 0.1) is 0 Å². The molecule has 0 aliphatic carbocycles. The molecule has 1 aromatic carbocycles. The van der Waals surface area contributed by atoms with E-state index < -0.39 is 0 Å². The van der Waals surface area contributed by atoms with E-state index >= 15 is 0 Å². The second-order valence-electron chi connectivity index (χ2n) is 5.41. The lowest BCUT2D eigenvalue weighted by Gasteiger charge is -2.26. The van der Waals surface area contributed by atoms with Crippen LogP contribution in [0.25, 0.3) is 0 Å². The van der Waals surface area contributed by atoms with Crippen molar-refractivity contribution < 1.29 is 9.47 Å². The zero-order valence-corrected chi connectivity index (χ0v) is 12.6. The first-order valence-electron chi connectivity index (χ1n) is 7.42. The molecular formula is C16H26N2O2. The number of anilines is 1. The summed E-state index contributed by atoms with van der Waals surface area (Å²) in [5.74, 6) is 0. The number of hydrogen-bond donors (Lipinski definition) is 1. The van der Waals surface area contributed by atoms with Crippen molar-refractivity contribution in [3.05, 3.63) is 29.8 Å². The Hall–Kier alpha value is -1.10. The molecule has 0 spiro atoms. The van der Waals surface area contributed by atoms with Crippen LogP contribution < -0.4 is 5.32 Å². The number of methoxy groups -OCH3 is 1. The summed E-state index contributed by atoms with van der Waals surface area (Å²) >= 11 is 0. The van der Waals surface area contributed by atoms with Gasteiger partial charge in [0.1, 0.15) is 0 Å². The molecule has 2 rings (SSSR count). The van der Waals surface area contributed by atoms with Gasteiger partial charge in [-0.3, -0.25) is 4.90 Å². The van der Waals surface area contributed by atoms with Gasteiger partial charge in [-0.1, -0.05) is 12.1 Å². The van der Waals surface area contributed by atoms with E-state index in [-0.39, 0.29) is 0 Å². The SMILES string of the molecule is COCCC(C)Nc1ccc(CN2CCOCC2)cc1. The van der Waals surface area contributed by atoms with Gasteiger partial charge in [-0.15, -0.1) is 0 Å². The van der Waals surface area contributed by atoms with Gasteiger partial charge < -0.3 is 14.8 Å². The number of nitrogens with one attached hydrogen (secondary N) is 1. The molecule has 1 aliphatic heterocycles. The molecule has 1 aliphatic rings. The van der Waals surface area contributed by atoms with Gasteiger partial charge in [0.05, 0.1) is 13.2 Å². The van der Waals surface area contributed by atoms with Gasteiger partial charge in [-0.05, 0) is 31.0 Å². The Bertz CT molecular complexity index is 375. The Morgan fingerprint density at radius 1 is 1.25 bits per heavy atom. The lowest BCUT2D eigenvalue weighted by atomic mass is 10.1. The highest BCUT2D eigenvalue weighted by molar-refractivity contribution is 5.45. The monoisotopic (exact) mass is 278 g/mol. The maximum absolute atomic E-state index is 5.37. The van der Waals surface area contributed by atoms with Crippen LogP contribution in [-0.4, -0.2) is 51.0 Å². The Labute approximate surface area is 122 Å². The normalized spacial score (nSPS) is 17.9. The minimum atomic E-state index is 0.431. The first-order valence-corrected chi connectivity index (χ1v) is 7.42. The van der Waals surface area contributed by atoms with Crippen LogP contribution in [0.1, 0.15) is 18.9 Å². The first kappa shape index (κ1) is 15.3. The van der Waals surface area contributed by atoms with Crippen LogP contribution in [0.4, 0.5) is 5.69 Å². The number of hydrogen-bond acceptors (Lipinski definition) is 4. The molecule has 0 saturated carbocycles. The van der Waals surface area contributed by atoms with E-state index in [9.17, 15) is 0 Å². The molecule has 0 aromatic heterocycles. The molecule has 0 radical (unpaired) electrons. The summed E-state index contributed by atoms with van der Waals surface area (Å²) in [7, 11) is 1.74. The fourth-order valence-electron chi connectivity index (χ4n) is 2.38. The van der Waals surface area contributed by atoms with Crippen molar-refractivity contribution in [1.82, 2.24) is 4.90 Å². The van der Waals surface area contributed by atoms with Gasteiger partial charge in [-0.2, -0.15) is 0 Å². The van der Waals surface area contributed by atoms with Gasteiger partial charge >= 0.3 is 0 Å². The van der Waals surface area contributed by atoms with Crippen molar-refractivity contribution >= 4 is 5.69 Å². The zero-order chi connectivity index (χ0) is 14.2. The molecule has 112 valence electrons. The van der Waals surface area contributed by atoms with Crippen LogP contribution in [0.3, 0.4) is 0 Å². The molecule has 1 heterocycles. The molecule has 1 fully saturated rings. The first-order chi connectivity index (χ1) is 9.78. The minimum absolute atomic E-state index is 0.431. The number of ether oxygens (including phenoxy) is 2. The fraction of sp³-hybridized carbons (Fsp3) is 0.625. The van der Waals surface area contributed by atoms with Crippen LogP contribution in [0.2, 0.25) is 0 Å². The quantitative estimate of drug-likeness (QED) is 0.830. The van der Waals surface area contributed by atoms with Crippen molar-refractivity contribution in [2.45, 2.75) is 25.9 Å². The van der Waals surface area contributed by atoms with Crippen LogP contribution in [0.5, 0.6) is 0 Å². The molecule has 1 N–H and O–H groups in total. The predicted octanol–water partition coefficient (Wildman–Crippen LogP) is 2.36. The molecular weight excluding hydrogens is 252 g/mol. The summed E-state index contributed by atoms with van der Waals surface area (Å²) in [4.78, 5) is 2.44. The average molecular weight is 278 g/mol. The van der Waals surface area contributed by atoms with Gasteiger partial charge in [0.25, 0.3) is 0 Å². The van der Waals surface area contributed by atoms with E-state index in [1.165, 1.54) is 11.3 Å². The van der Waals surface area contributed by atoms with Crippen molar-refractivity contribution in [3.63, 3.8) is 0 Å². The molecule has 4 heteroatoms. The zero-order valence-electron chi connectivity index (χ0n) is 12.6. The van der Waals surface area contributed by atoms with Gasteiger partial charge in [0.2, 0.25) is 0 Å². The lowest BCUT2D eigenvalue weighted by molar-refractivity contribution is 0.0342. The Balaban J connectivity index is 1.79. The van der Waals surface area contributed by atoms with Crippen LogP contribution >= 0.6 is 0 Å². The largest absolute Gasteiger partial charge is 0.385 e. The number of benzene rings is 1. The summed E-state index contributed by atoms with van der Waals surface area (Å²) < 4.78 is 10.5. The van der Waals surface area contributed by atoms with E-state index in [0.717, 1.165) is 45.9 Å². The molecule has 1 atom stereocenters. The van der Waals surface area contributed by atoms with E-state index in [4.69, 9.17) is 9.47 Å². The molecule has 20 heavy (non-hydrogen) atoms. The molecule has 1 aromatic rings. The number of rotatable bonds is 7. The van der Waals surface area contributed by atoms with Crippen molar-refractivity contribution in [3.8, 4) is 0 Å². The second-order valence-corrected chi connectivity index (χ2v) is 5.41. The topological polar surface area (TPSA) is 33.7 Å². The van der Waals surface area contributed by atoms with Gasteiger partial charge in [0.15, 0.2) is 0 Å². The number of morpholine rings is 1. The molecule has 1 saturated heterocycles. The Kier molecular flexibility index (Phi) is 6.30. The van der Waals surface area contributed by atoms with E-state index in [1.54, 1.807) is 7.11 Å². The Morgan fingerprint density at radius 2 is 1.95 bits per heavy atom. The standard InChI is InChI=1S/C16H26N2O2/c1-14(7-10-19-2)17-16-5-3-15(4-6-16)13-18-8-11-20-12-9-18/h3-6,14,17H,7-13H2,1-2H3.